The highest BCUT2D eigenvalue weighted by Gasteiger charge is 2.28. The monoisotopic (exact) mass is 221 g/mol. The number of amides is 1. The van der Waals surface area contributed by atoms with Gasteiger partial charge in [0.15, 0.2) is 0 Å². The minimum atomic E-state index is -0.308. The van der Waals surface area contributed by atoms with Crippen molar-refractivity contribution in [3.8, 4) is 0 Å². The molecule has 15 heavy (non-hydrogen) atoms. The van der Waals surface area contributed by atoms with Crippen LogP contribution in [-0.2, 0) is 11.3 Å². The molecular formula is C12H12ClNO. The van der Waals surface area contributed by atoms with Crippen LogP contribution in [0.3, 0.4) is 0 Å². The summed E-state index contributed by atoms with van der Waals surface area (Å²) < 4.78 is 0. The summed E-state index contributed by atoms with van der Waals surface area (Å²) in [5, 5.41) is 0. The van der Waals surface area contributed by atoms with Crippen molar-refractivity contribution >= 4 is 17.5 Å². The van der Waals surface area contributed by atoms with Crippen LogP contribution < -0.4 is 0 Å². The summed E-state index contributed by atoms with van der Waals surface area (Å²) in [6.45, 7) is 2.37. The lowest BCUT2D eigenvalue weighted by Crippen LogP contribution is -2.30. The number of rotatable bonds is 2. The fourth-order valence-corrected chi connectivity index (χ4v) is 1.99. The number of hydrogen-bond acceptors (Lipinski definition) is 1. The lowest BCUT2D eigenvalue weighted by Gasteiger charge is -2.20. The summed E-state index contributed by atoms with van der Waals surface area (Å²) in [6.07, 6.45) is 1.78. The van der Waals surface area contributed by atoms with Gasteiger partial charge in [-0.05, 0) is 18.6 Å². The molecular weight excluding hydrogens is 210 g/mol. The second-order valence-corrected chi connectivity index (χ2v) is 4.09. The molecule has 0 bridgehead atoms. The molecule has 0 radical (unpaired) electrons. The van der Waals surface area contributed by atoms with Crippen molar-refractivity contribution in [1.82, 2.24) is 4.90 Å². The average molecular weight is 222 g/mol. The molecule has 1 aliphatic heterocycles. The standard InChI is InChI=1S/C12H12ClNO/c1-9-7-11(13)14(12(9)15)8-10-5-3-2-4-6-10/h2-7,11H,8H2,1H3. The van der Waals surface area contributed by atoms with E-state index in [9.17, 15) is 4.79 Å². The Hall–Kier alpha value is -1.28. The lowest BCUT2D eigenvalue weighted by molar-refractivity contribution is -0.126. The summed E-state index contributed by atoms with van der Waals surface area (Å²) in [4.78, 5) is 13.4. The molecule has 1 amide bonds. The van der Waals surface area contributed by atoms with E-state index in [4.69, 9.17) is 11.6 Å². The smallest absolute Gasteiger partial charge is 0.251 e. The highest BCUT2D eigenvalue weighted by molar-refractivity contribution is 6.24. The van der Waals surface area contributed by atoms with Crippen molar-refractivity contribution in [1.29, 1.82) is 0 Å². The maximum Gasteiger partial charge on any atom is 0.251 e. The molecule has 0 spiro atoms. The fraction of sp³-hybridized carbons (Fsp3) is 0.250. The van der Waals surface area contributed by atoms with E-state index in [0.717, 1.165) is 11.1 Å². The summed E-state index contributed by atoms with van der Waals surface area (Å²) >= 11 is 6.05. The third-order valence-electron chi connectivity index (χ3n) is 2.48. The van der Waals surface area contributed by atoms with E-state index < -0.39 is 0 Å². The Kier molecular flexibility index (Phi) is 2.78. The van der Waals surface area contributed by atoms with Gasteiger partial charge < -0.3 is 4.90 Å². The molecule has 2 rings (SSSR count). The van der Waals surface area contributed by atoms with Gasteiger partial charge in [0.1, 0.15) is 5.50 Å². The van der Waals surface area contributed by atoms with Gasteiger partial charge in [-0.15, -0.1) is 0 Å². The predicted molar refractivity (Wildman–Crippen MR) is 60.4 cm³/mol. The number of carbonyl (C=O) groups is 1. The van der Waals surface area contributed by atoms with E-state index >= 15 is 0 Å². The van der Waals surface area contributed by atoms with Gasteiger partial charge in [-0.2, -0.15) is 0 Å². The van der Waals surface area contributed by atoms with Crippen LogP contribution in [0.5, 0.6) is 0 Å². The normalized spacial score (nSPS) is 20.7. The third kappa shape index (κ3) is 2.05. The highest BCUT2D eigenvalue weighted by atomic mass is 35.5. The summed E-state index contributed by atoms with van der Waals surface area (Å²) in [5.74, 6) is 0.0267. The zero-order valence-electron chi connectivity index (χ0n) is 8.48. The number of halogens is 1. The predicted octanol–water partition coefficient (Wildman–Crippen LogP) is 2.54. The summed E-state index contributed by atoms with van der Waals surface area (Å²) in [6, 6.07) is 9.85. The number of alkyl halides is 1. The quantitative estimate of drug-likeness (QED) is 0.555. The number of benzene rings is 1. The highest BCUT2D eigenvalue weighted by Crippen LogP contribution is 2.22. The van der Waals surface area contributed by atoms with Crippen molar-refractivity contribution in [2.24, 2.45) is 0 Å². The molecule has 1 heterocycles. The van der Waals surface area contributed by atoms with E-state index in [2.05, 4.69) is 0 Å². The van der Waals surface area contributed by atoms with Crippen LogP contribution in [-0.4, -0.2) is 16.3 Å². The van der Waals surface area contributed by atoms with Gasteiger partial charge in [0.25, 0.3) is 5.91 Å². The van der Waals surface area contributed by atoms with E-state index in [0.29, 0.717) is 6.54 Å². The zero-order valence-corrected chi connectivity index (χ0v) is 9.24. The van der Waals surface area contributed by atoms with Gasteiger partial charge in [-0.25, -0.2) is 0 Å². The van der Waals surface area contributed by atoms with Crippen LogP contribution in [0.15, 0.2) is 42.0 Å². The first-order valence-electron chi connectivity index (χ1n) is 4.86. The molecule has 0 fully saturated rings. The molecule has 1 unspecified atom stereocenters. The van der Waals surface area contributed by atoms with Gasteiger partial charge in [0, 0.05) is 12.1 Å². The first-order chi connectivity index (χ1) is 7.18. The van der Waals surface area contributed by atoms with Crippen LogP contribution in [0.2, 0.25) is 0 Å². The number of carbonyl (C=O) groups excluding carboxylic acids is 1. The van der Waals surface area contributed by atoms with Crippen LogP contribution >= 0.6 is 11.6 Å². The summed E-state index contributed by atoms with van der Waals surface area (Å²) in [7, 11) is 0. The van der Waals surface area contributed by atoms with Crippen molar-refractivity contribution in [3.63, 3.8) is 0 Å². The molecule has 2 nitrogen and oxygen atoms in total. The minimum absolute atomic E-state index is 0.0267. The molecule has 0 saturated heterocycles. The minimum Gasteiger partial charge on any atom is -0.315 e. The molecule has 3 heteroatoms. The Morgan fingerprint density at radius 3 is 2.53 bits per heavy atom. The molecule has 0 N–H and O–H groups in total. The molecule has 1 aromatic carbocycles. The Balaban J connectivity index is 2.12. The molecule has 0 saturated carbocycles. The van der Waals surface area contributed by atoms with Crippen LogP contribution in [0.25, 0.3) is 0 Å². The Labute approximate surface area is 94.2 Å². The Morgan fingerprint density at radius 1 is 1.33 bits per heavy atom. The SMILES string of the molecule is CC1=CC(Cl)N(Cc2ccccc2)C1=O. The van der Waals surface area contributed by atoms with Gasteiger partial charge in [0.05, 0.1) is 0 Å². The molecule has 0 aliphatic carbocycles. The molecule has 1 aliphatic rings. The Morgan fingerprint density at radius 2 is 2.00 bits per heavy atom. The largest absolute Gasteiger partial charge is 0.315 e. The maximum atomic E-state index is 11.7. The van der Waals surface area contributed by atoms with Crippen LogP contribution in [0.1, 0.15) is 12.5 Å². The first-order valence-corrected chi connectivity index (χ1v) is 5.29. The second kappa shape index (κ2) is 4.07. The van der Waals surface area contributed by atoms with Gasteiger partial charge in [-0.3, -0.25) is 4.79 Å². The van der Waals surface area contributed by atoms with Crippen molar-refractivity contribution < 1.29 is 4.79 Å². The van der Waals surface area contributed by atoms with Gasteiger partial charge in [0.2, 0.25) is 0 Å². The lowest BCUT2D eigenvalue weighted by atomic mass is 10.2. The topological polar surface area (TPSA) is 20.3 Å². The van der Waals surface area contributed by atoms with Crippen LogP contribution in [0, 0.1) is 0 Å². The molecule has 78 valence electrons. The van der Waals surface area contributed by atoms with Crippen molar-refractivity contribution in [2.45, 2.75) is 19.0 Å². The molecule has 0 aromatic heterocycles. The number of hydrogen-bond donors (Lipinski definition) is 0. The van der Waals surface area contributed by atoms with E-state index in [-0.39, 0.29) is 11.4 Å². The van der Waals surface area contributed by atoms with Gasteiger partial charge in [-0.1, -0.05) is 41.9 Å². The first kappa shape index (κ1) is 10.2. The van der Waals surface area contributed by atoms with Crippen molar-refractivity contribution in [3.05, 3.63) is 47.5 Å². The molecule has 1 aromatic rings. The Bertz CT molecular complexity index is 399. The van der Waals surface area contributed by atoms with Crippen LogP contribution in [0.4, 0.5) is 0 Å². The number of nitrogens with zero attached hydrogens (tertiary/aromatic N) is 1. The van der Waals surface area contributed by atoms with E-state index in [1.807, 2.05) is 30.3 Å². The summed E-state index contributed by atoms with van der Waals surface area (Å²) in [5.41, 5.74) is 1.52. The van der Waals surface area contributed by atoms with E-state index in [1.54, 1.807) is 17.9 Å². The van der Waals surface area contributed by atoms with E-state index in [1.165, 1.54) is 0 Å². The fourth-order valence-electron chi connectivity index (χ4n) is 1.65. The zero-order chi connectivity index (χ0) is 10.8. The molecule has 1 atom stereocenters. The van der Waals surface area contributed by atoms with Crippen molar-refractivity contribution in [2.75, 3.05) is 0 Å². The maximum absolute atomic E-state index is 11.7. The third-order valence-corrected chi connectivity index (χ3v) is 2.84. The van der Waals surface area contributed by atoms with Gasteiger partial charge >= 0.3 is 0 Å². The average Bonchev–Trinajstić information content (AvgIpc) is 2.47. The second-order valence-electron chi connectivity index (χ2n) is 3.64.